The molecule has 6 heteroatoms. The summed E-state index contributed by atoms with van der Waals surface area (Å²) in [6.07, 6.45) is 0. The number of ether oxygens (including phenoxy) is 1. The van der Waals surface area contributed by atoms with Crippen LogP contribution in [0, 0.1) is 0 Å². The molecule has 19 heavy (non-hydrogen) atoms. The van der Waals surface area contributed by atoms with E-state index in [0.717, 1.165) is 4.57 Å². The third-order valence-corrected chi connectivity index (χ3v) is 3.12. The van der Waals surface area contributed by atoms with Gasteiger partial charge in [-0.05, 0) is 26.7 Å². The van der Waals surface area contributed by atoms with Crippen LogP contribution in [0.1, 0.15) is 46.1 Å². The van der Waals surface area contributed by atoms with E-state index in [0.29, 0.717) is 12.2 Å². The fourth-order valence-corrected chi connectivity index (χ4v) is 2.40. The van der Waals surface area contributed by atoms with E-state index in [1.165, 1.54) is 0 Å². The SMILES string of the molecule is CCOC(C)(C)Cn1c(=O)[nH]c(Cl)c(C(C)C)c1=O. The second-order valence-corrected chi connectivity index (χ2v) is 5.77. The maximum Gasteiger partial charge on any atom is 0.329 e. The van der Waals surface area contributed by atoms with E-state index < -0.39 is 11.3 Å². The van der Waals surface area contributed by atoms with Crippen molar-refractivity contribution in [2.45, 2.75) is 52.7 Å². The molecule has 0 radical (unpaired) electrons. The molecule has 0 saturated heterocycles. The first-order valence-corrected chi connectivity index (χ1v) is 6.74. The second-order valence-electron chi connectivity index (χ2n) is 5.40. The summed E-state index contributed by atoms with van der Waals surface area (Å²) >= 11 is 5.93. The maximum absolute atomic E-state index is 12.3. The van der Waals surface area contributed by atoms with Crippen molar-refractivity contribution >= 4 is 11.6 Å². The minimum Gasteiger partial charge on any atom is -0.374 e. The lowest BCUT2D eigenvalue weighted by Gasteiger charge is -2.25. The molecule has 0 fully saturated rings. The third kappa shape index (κ3) is 3.70. The van der Waals surface area contributed by atoms with Gasteiger partial charge in [-0.15, -0.1) is 0 Å². The molecular formula is C13H21ClN2O3. The molecule has 0 amide bonds. The van der Waals surface area contributed by atoms with E-state index in [2.05, 4.69) is 4.98 Å². The van der Waals surface area contributed by atoms with Gasteiger partial charge in [0.05, 0.1) is 17.7 Å². The van der Waals surface area contributed by atoms with Crippen LogP contribution in [0.4, 0.5) is 0 Å². The zero-order valence-corrected chi connectivity index (χ0v) is 12.8. The molecule has 1 aromatic rings. The van der Waals surface area contributed by atoms with Crippen LogP contribution in [0.2, 0.25) is 5.15 Å². The number of aromatic nitrogens is 2. The van der Waals surface area contributed by atoms with Gasteiger partial charge in [0, 0.05) is 6.61 Å². The van der Waals surface area contributed by atoms with Crippen LogP contribution in [-0.4, -0.2) is 21.8 Å². The zero-order valence-electron chi connectivity index (χ0n) is 12.0. The van der Waals surface area contributed by atoms with Crippen LogP contribution >= 0.6 is 11.6 Å². The van der Waals surface area contributed by atoms with Crippen molar-refractivity contribution in [1.82, 2.24) is 9.55 Å². The van der Waals surface area contributed by atoms with Gasteiger partial charge in [0.1, 0.15) is 5.15 Å². The Kier molecular flexibility index (Phi) is 4.98. The maximum atomic E-state index is 12.3. The van der Waals surface area contributed by atoms with Crippen LogP contribution in [0.3, 0.4) is 0 Å². The topological polar surface area (TPSA) is 64.1 Å². The lowest BCUT2D eigenvalue weighted by Crippen LogP contribution is -2.44. The zero-order chi connectivity index (χ0) is 14.8. The molecule has 0 saturated carbocycles. The van der Waals surface area contributed by atoms with Gasteiger partial charge in [0.25, 0.3) is 5.56 Å². The molecule has 0 aliphatic rings. The molecule has 0 aliphatic carbocycles. The summed E-state index contributed by atoms with van der Waals surface area (Å²) in [6, 6.07) is 0. The summed E-state index contributed by atoms with van der Waals surface area (Å²) in [5, 5.41) is 0.121. The standard InChI is InChI=1S/C13H21ClN2O3/c1-6-19-13(4,5)7-16-11(17)9(8(2)3)10(14)15-12(16)18/h8H,6-7H2,1-5H3,(H,15,18). The molecule has 0 spiro atoms. The van der Waals surface area contributed by atoms with Crippen LogP contribution in [0.25, 0.3) is 0 Å². The molecule has 1 rings (SSSR count). The molecule has 0 aromatic carbocycles. The van der Waals surface area contributed by atoms with E-state index in [1.54, 1.807) is 0 Å². The Morgan fingerprint density at radius 1 is 1.37 bits per heavy atom. The Balaban J connectivity index is 3.34. The third-order valence-electron chi connectivity index (χ3n) is 2.83. The second kappa shape index (κ2) is 5.92. The number of nitrogens with one attached hydrogen (secondary N) is 1. The smallest absolute Gasteiger partial charge is 0.329 e. The van der Waals surface area contributed by atoms with E-state index in [-0.39, 0.29) is 23.2 Å². The number of hydrogen-bond donors (Lipinski definition) is 1. The average molecular weight is 289 g/mol. The lowest BCUT2D eigenvalue weighted by molar-refractivity contribution is -0.0239. The van der Waals surface area contributed by atoms with Gasteiger partial charge in [-0.1, -0.05) is 25.4 Å². The highest BCUT2D eigenvalue weighted by Crippen LogP contribution is 2.17. The van der Waals surface area contributed by atoms with Crippen molar-refractivity contribution in [2.24, 2.45) is 0 Å². The highest BCUT2D eigenvalue weighted by molar-refractivity contribution is 6.30. The van der Waals surface area contributed by atoms with Crippen molar-refractivity contribution in [1.29, 1.82) is 0 Å². The number of aromatic amines is 1. The monoisotopic (exact) mass is 288 g/mol. The number of nitrogens with zero attached hydrogens (tertiary/aromatic N) is 1. The van der Waals surface area contributed by atoms with Gasteiger partial charge in [-0.25, -0.2) is 4.79 Å². The van der Waals surface area contributed by atoms with Crippen molar-refractivity contribution in [3.05, 3.63) is 31.6 Å². The molecule has 0 unspecified atom stereocenters. The quantitative estimate of drug-likeness (QED) is 0.844. The average Bonchev–Trinajstić information content (AvgIpc) is 2.23. The predicted molar refractivity (Wildman–Crippen MR) is 76.1 cm³/mol. The summed E-state index contributed by atoms with van der Waals surface area (Å²) in [4.78, 5) is 26.7. The van der Waals surface area contributed by atoms with Gasteiger partial charge in [0.2, 0.25) is 0 Å². The molecule has 1 heterocycles. The van der Waals surface area contributed by atoms with Crippen LogP contribution in [0.15, 0.2) is 9.59 Å². The first-order valence-electron chi connectivity index (χ1n) is 6.36. The molecule has 0 atom stereocenters. The minimum atomic E-state index is -0.590. The van der Waals surface area contributed by atoms with E-state index in [1.807, 2.05) is 34.6 Å². The van der Waals surface area contributed by atoms with E-state index in [4.69, 9.17) is 16.3 Å². The van der Waals surface area contributed by atoms with Gasteiger partial charge in [-0.2, -0.15) is 0 Å². The fourth-order valence-electron chi connectivity index (χ4n) is 2.02. The molecule has 108 valence electrons. The van der Waals surface area contributed by atoms with E-state index >= 15 is 0 Å². The van der Waals surface area contributed by atoms with Crippen molar-refractivity contribution < 1.29 is 4.74 Å². The molecular weight excluding hydrogens is 268 g/mol. The van der Waals surface area contributed by atoms with Crippen molar-refractivity contribution in [2.75, 3.05) is 6.61 Å². The van der Waals surface area contributed by atoms with Gasteiger partial charge < -0.3 is 4.74 Å². The predicted octanol–water partition coefficient (Wildman–Crippen LogP) is 2.13. The Morgan fingerprint density at radius 3 is 2.42 bits per heavy atom. The molecule has 1 aromatic heterocycles. The highest BCUT2D eigenvalue weighted by Gasteiger charge is 2.23. The van der Waals surface area contributed by atoms with Gasteiger partial charge >= 0.3 is 5.69 Å². The van der Waals surface area contributed by atoms with Crippen LogP contribution in [-0.2, 0) is 11.3 Å². The number of hydrogen-bond acceptors (Lipinski definition) is 3. The summed E-state index contributed by atoms with van der Waals surface area (Å²) in [7, 11) is 0. The number of rotatable bonds is 5. The molecule has 0 bridgehead atoms. The lowest BCUT2D eigenvalue weighted by atomic mass is 10.1. The summed E-state index contributed by atoms with van der Waals surface area (Å²) in [5.74, 6) is -0.0571. The number of H-pyrrole nitrogens is 1. The van der Waals surface area contributed by atoms with E-state index in [9.17, 15) is 9.59 Å². The fraction of sp³-hybridized carbons (Fsp3) is 0.692. The first kappa shape index (κ1) is 16.0. The molecule has 5 nitrogen and oxygen atoms in total. The van der Waals surface area contributed by atoms with Crippen LogP contribution < -0.4 is 11.2 Å². The largest absolute Gasteiger partial charge is 0.374 e. The van der Waals surface area contributed by atoms with Crippen molar-refractivity contribution in [3.8, 4) is 0 Å². The highest BCUT2D eigenvalue weighted by atomic mass is 35.5. The molecule has 0 aliphatic heterocycles. The Bertz CT molecular complexity index is 558. The van der Waals surface area contributed by atoms with Gasteiger partial charge in [-0.3, -0.25) is 14.3 Å². The summed E-state index contributed by atoms with van der Waals surface area (Å²) in [5.41, 5.74) is -1.02. The summed E-state index contributed by atoms with van der Waals surface area (Å²) in [6.45, 7) is 9.97. The van der Waals surface area contributed by atoms with Gasteiger partial charge in [0.15, 0.2) is 0 Å². The Labute approximate surface area is 117 Å². The number of halogens is 1. The summed E-state index contributed by atoms with van der Waals surface area (Å²) < 4.78 is 6.68. The Morgan fingerprint density at radius 2 is 1.95 bits per heavy atom. The first-order chi connectivity index (χ1) is 8.69. The Hall–Kier alpha value is -1.07. The minimum absolute atomic E-state index is 0.0571. The van der Waals surface area contributed by atoms with Crippen LogP contribution in [0.5, 0.6) is 0 Å². The normalized spacial score (nSPS) is 12.2. The molecule has 1 N–H and O–H groups in total. The van der Waals surface area contributed by atoms with Crippen molar-refractivity contribution in [3.63, 3.8) is 0 Å².